The van der Waals surface area contributed by atoms with Gasteiger partial charge in [-0.1, -0.05) is 60.2 Å². The number of hydrogen-bond acceptors (Lipinski definition) is 2. The minimum absolute atomic E-state index is 0.242. The van der Waals surface area contributed by atoms with Crippen LogP contribution in [0.1, 0.15) is 31.9 Å². The van der Waals surface area contributed by atoms with Crippen LogP contribution in [0.2, 0.25) is 0 Å². The van der Waals surface area contributed by atoms with Crippen LogP contribution in [-0.4, -0.2) is 5.91 Å². The van der Waals surface area contributed by atoms with Gasteiger partial charge in [-0.25, -0.2) is 0 Å². The molecule has 0 atom stereocenters. The Morgan fingerprint density at radius 3 is 2.33 bits per heavy atom. The van der Waals surface area contributed by atoms with Crippen LogP contribution in [0.15, 0.2) is 72.8 Å². The summed E-state index contributed by atoms with van der Waals surface area (Å²) in [7, 11) is 0. The zero-order valence-corrected chi connectivity index (χ0v) is 16.9. The fourth-order valence-electron chi connectivity index (χ4n) is 3.39. The minimum Gasteiger partial charge on any atom is -0.321 e. The Morgan fingerprint density at radius 1 is 0.933 bits per heavy atom. The lowest BCUT2D eigenvalue weighted by Gasteiger charge is -2.13. The van der Waals surface area contributed by atoms with Gasteiger partial charge in [0.25, 0.3) is 5.91 Å². The van der Waals surface area contributed by atoms with Crippen LogP contribution >= 0.6 is 11.3 Å². The lowest BCUT2D eigenvalue weighted by atomic mass is 10.0. The lowest BCUT2D eigenvalue weighted by Crippen LogP contribution is -2.16. The predicted molar refractivity (Wildman–Crippen MR) is 115 cm³/mol. The van der Waals surface area contributed by atoms with Crippen molar-refractivity contribution in [3.63, 3.8) is 0 Å². The molecule has 0 unspecified atom stereocenters. The largest absolute Gasteiger partial charge is 0.418 e. The quantitative estimate of drug-likeness (QED) is 0.372. The molecular weight excluding hydrogens is 407 g/mol. The molecule has 1 N–H and O–H groups in total. The number of aryl methyl sites for hydroxylation is 1. The van der Waals surface area contributed by atoms with E-state index in [-0.39, 0.29) is 5.69 Å². The predicted octanol–water partition coefficient (Wildman–Crippen LogP) is 7.07. The number of benzene rings is 3. The van der Waals surface area contributed by atoms with Crippen LogP contribution in [0.4, 0.5) is 18.9 Å². The molecule has 0 aliphatic rings. The number of carbonyl (C=O) groups excluding carboxylic acids is 1. The number of alkyl halides is 3. The van der Waals surface area contributed by atoms with Crippen LogP contribution in [0.5, 0.6) is 0 Å². The summed E-state index contributed by atoms with van der Waals surface area (Å²) >= 11 is 1.29. The summed E-state index contributed by atoms with van der Waals surface area (Å²) in [5, 5.41) is 3.42. The summed E-state index contributed by atoms with van der Waals surface area (Å²) in [6, 6.07) is 20.7. The highest BCUT2D eigenvalue weighted by atomic mass is 32.1. The first kappa shape index (κ1) is 20.2. The number of hydrogen-bond donors (Lipinski definition) is 1. The average molecular weight is 425 g/mol. The van der Waals surface area contributed by atoms with Crippen molar-refractivity contribution in [3.8, 4) is 0 Å². The van der Waals surface area contributed by atoms with Crippen LogP contribution in [0, 0.1) is 6.92 Å². The maximum absolute atomic E-state index is 13.3. The van der Waals surface area contributed by atoms with E-state index in [0.717, 1.165) is 32.8 Å². The number of carbonyl (C=O) groups is 1. The number of halogens is 3. The SMILES string of the molecule is Cc1ccc(Cc2c(C(=O)Nc3ccccc3C(F)(F)F)sc3ccccc23)cc1. The van der Waals surface area contributed by atoms with Gasteiger partial charge in [0.05, 0.1) is 16.1 Å². The molecule has 0 radical (unpaired) electrons. The third-order valence-electron chi connectivity index (χ3n) is 4.89. The Labute approximate surface area is 176 Å². The smallest absolute Gasteiger partial charge is 0.321 e. The topological polar surface area (TPSA) is 29.1 Å². The number of para-hydroxylation sites is 1. The van der Waals surface area contributed by atoms with E-state index in [1.807, 2.05) is 55.5 Å². The van der Waals surface area contributed by atoms with Gasteiger partial charge in [0.15, 0.2) is 0 Å². The molecule has 0 aliphatic carbocycles. The second kappa shape index (κ2) is 7.95. The zero-order valence-electron chi connectivity index (χ0n) is 16.1. The molecule has 0 spiro atoms. The monoisotopic (exact) mass is 425 g/mol. The summed E-state index contributed by atoms with van der Waals surface area (Å²) in [5.41, 5.74) is 1.89. The first-order valence-electron chi connectivity index (χ1n) is 9.36. The Hall–Kier alpha value is -3.12. The van der Waals surface area contributed by atoms with Gasteiger partial charge in [0, 0.05) is 4.70 Å². The molecule has 4 rings (SSSR count). The molecule has 2 nitrogen and oxygen atoms in total. The highest BCUT2D eigenvalue weighted by Gasteiger charge is 2.34. The molecule has 4 aromatic rings. The maximum Gasteiger partial charge on any atom is 0.418 e. The van der Waals surface area contributed by atoms with Crippen molar-refractivity contribution in [2.45, 2.75) is 19.5 Å². The first-order chi connectivity index (χ1) is 14.3. The zero-order chi connectivity index (χ0) is 21.3. The van der Waals surface area contributed by atoms with Crippen molar-refractivity contribution < 1.29 is 18.0 Å². The standard InChI is InChI=1S/C24H18F3NOS/c1-15-10-12-16(13-11-15)14-18-17-6-2-5-9-21(17)30-22(18)23(29)28-20-8-4-3-7-19(20)24(25,26)27/h2-13H,14H2,1H3,(H,28,29). The molecular formula is C24H18F3NOS. The van der Waals surface area contributed by atoms with E-state index in [4.69, 9.17) is 0 Å². The second-order valence-corrected chi connectivity index (χ2v) is 8.12. The molecule has 30 heavy (non-hydrogen) atoms. The number of fused-ring (bicyclic) bond motifs is 1. The van der Waals surface area contributed by atoms with Crippen molar-refractivity contribution in [1.82, 2.24) is 0 Å². The Morgan fingerprint density at radius 2 is 1.60 bits per heavy atom. The van der Waals surface area contributed by atoms with Crippen LogP contribution in [0.3, 0.4) is 0 Å². The number of rotatable bonds is 4. The van der Waals surface area contributed by atoms with Gasteiger partial charge in [-0.2, -0.15) is 13.2 Å². The summed E-state index contributed by atoms with van der Waals surface area (Å²) in [6.07, 6.45) is -4.03. The van der Waals surface area contributed by atoms with Gasteiger partial charge in [-0.15, -0.1) is 11.3 Å². The van der Waals surface area contributed by atoms with E-state index in [2.05, 4.69) is 5.32 Å². The summed E-state index contributed by atoms with van der Waals surface area (Å²) in [5.74, 6) is -0.532. The van der Waals surface area contributed by atoms with Gasteiger partial charge in [0.1, 0.15) is 0 Å². The van der Waals surface area contributed by atoms with Crippen molar-refractivity contribution in [2.24, 2.45) is 0 Å². The lowest BCUT2D eigenvalue weighted by molar-refractivity contribution is -0.136. The Bertz CT molecular complexity index is 1210. The third kappa shape index (κ3) is 4.09. The van der Waals surface area contributed by atoms with Crippen LogP contribution in [-0.2, 0) is 12.6 Å². The van der Waals surface area contributed by atoms with Crippen molar-refractivity contribution >= 4 is 33.0 Å². The van der Waals surface area contributed by atoms with E-state index in [9.17, 15) is 18.0 Å². The molecule has 3 aromatic carbocycles. The molecule has 0 aliphatic heterocycles. The Kier molecular flexibility index (Phi) is 5.35. The van der Waals surface area contributed by atoms with Gasteiger partial charge < -0.3 is 5.32 Å². The van der Waals surface area contributed by atoms with Gasteiger partial charge in [-0.05, 0) is 48.1 Å². The molecule has 0 saturated carbocycles. The first-order valence-corrected chi connectivity index (χ1v) is 10.2. The van der Waals surface area contributed by atoms with E-state index in [1.54, 1.807) is 0 Å². The molecule has 1 heterocycles. The normalized spacial score (nSPS) is 11.6. The van der Waals surface area contributed by atoms with Crippen LogP contribution < -0.4 is 5.32 Å². The molecule has 0 fully saturated rings. The molecule has 6 heteroatoms. The molecule has 1 aromatic heterocycles. The highest BCUT2D eigenvalue weighted by Crippen LogP contribution is 2.37. The van der Waals surface area contributed by atoms with E-state index < -0.39 is 17.6 Å². The van der Waals surface area contributed by atoms with Crippen molar-refractivity contribution in [1.29, 1.82) is 0 Å². The van der Waals surface area contributed by atoms with Crippen LogP contribution in [0.25, 0.3) is 10.1 Å². The molecule has 1 amide bonds. The summed E-state index contributed by atoms with van der Waals surface area (Å²) < 4.78 is 40.9. The van der Waals surface area contributed by atoms with Gasteiger partial charge in [-0.3, -0.25) is 4.79 Å². The van der Waals surface area contributed by atoms with Crippen molar-refractivity contribution in [2.75, 3.05) is 5.32 Å². The maximum atomic E-state index is 13.3. The summed E-state index contributed by atoms with van der Waals surface area (Å²) in [4.78, 5) is 13.5. The number of nitrogens with one attached hydrogen (secondary N) is 1. The Balaban J connectivity index is 1.74. The molecule has 152 valence electrons. The molecule has 0 saturated heterocycles. The average Bonchev–Trinajstić information content (AvgIpc) is 3.08. The van der Waals surface area contributed by atoms with E-state index in [1.165, 1.54) is 29.5 Å². The fraction of sp³-hybridized carbons (Fsp3) is 0.125. The van der Waals surface area contributed by atoms with Crippen molar-refractivity contribution in [3.05, 3.63) is 99.9 Å². The van der Waals surface area contributed by atoms with Gasteiger partial charge >= 0.3 is 6.18 Å². The highest BCUT2D eigenvalue weighted by molar-refractivity contribution is 7.21. The third-order valence-corrected chi connectivity index (χ3v) is 6.10. The number of anilines is 1. The van der Waals surface area contributed by atoms with E-state index >= 15 is 0 Å². The number of amides is 1. The molecule has 0 bridgehead atoms. The minimum atomic E-state index is -4.55. The van der Waals surface area contributed by atoms with E-state index in [0.29, 0.717) is 11.3 Å². The second-order valence-electron chi connectivity index (χ2n) is 7.07. The fourth-order valence-corrected chi connectivity index (χ4v) is 4.50. The van der Waals surface area contributed by atoms with Gasteiger partial charge in [0.2, 0.25) is 0 Å². The number of thiophene rings is 1. The summed E-state index contributed by atoms with van der Waals surface area (Å²) in [6.45, 7) is 2.00.